The molecule has 0 unspecified atom stereocenters. The Morgan fingerprint density at radius 2 is 1.76 bits per heavy atom. The van der Waals surface area contributed by atoms with E-state index in [1.165, 1.54) is 19.4 Å². The van der Waals surface area contributed by atoms with Gasteiger partial charge >= 0.3 is 11.9 Å². The molecule has 0 aromatic heterocycles. The number of hydrogen-bond donors (Lipinski definition) is 0. The third-order valence-corrected chi connectivity index (χ3v) is 10.8. The molecule has 0 heterocycles. The summed E-state index contributed by atoms with van der Waals surface area (Å²) in [6.07, 6.45) is 9.92. The van der Waals surface area contributed by atoms with Crippen molar-refractivity contribution < 1.29 is 28.7 Å². The standard InChI is InChI=1S/C31H46O6/c1-18(17-36-20(3)32)7-10-27(34)19(2)29-28(35)16-26-24-9-8-22-15-23(37-21(4)33)11-13-30(22,5)25(24)12-14-31(26,29)6/h8,18-19,23-26,29H,7,9-17H2,1-6H3/t18-,19+,23+,24-,25-,26+,29+,30+,31+/m1/s1. The zero-order valence-electron chi connectivity index (χ0n) is 23.6. The molecule has 0 aromatic rings. The smallest absolute Gasteiger partial charge is 0.302 e. The van der Waals surface area contributed by atoms with Gasteiger partial charge < -0.3 is 9.47 Å². The van der Waals surface area contributed by atoms with Gasteiger partial charge in [-0.15, -0.1) is 0 Å². The van der Waals surface area contributed by atoms with E-state index >= 15 is 0 Å². The minimum absolute atomic E-state index is 0.0109. The minimum atomic E-state index is -0.298. The van der Waals surface area contributed by atoms with E-state index in [0.717, 1.165) is 38.5 Å². The highest BCUT2D eigenvalue weighted by Crippen LogP contribution is 2.66. The van der Waals surface area contributed by atoms with E-state index in [2.05, 4.69) is 19.9 Å². The van der Waals surface area contributed by atoms with Crippen LogP contribution in [0.3, 0.4) is 0 Å². The fraction of sp³-hybridized carbons (Fsp3) is 0.806. The second-order valence-corrected chi connectivity index (χ2v) is 13.1. The van der Waals surface area contributed by atoms with Crippen molar-refractivity contribution in [3.63, 3.8) is 0 Å². The van der Waals surface area contributed by atoms with Crippen molar-refractivity contribution in [3.05, 3.63) is 11.6 Å². The number of allylic oxidation sites excluding steroid dienone is 1. The molecule has 0 aliphatic heterocycles. The van der Waals surface area contributed by atoms with Crippen molar-refractivity contribution in [2.24, 2.45) is 46.3 Å². The van der Waals surface area contributed by atoms with E-state index in [9.17, 15) is 19.2 Å². The first-order chi connectivity index (χ1) is 17.4. The molecule has 0 radical (unpaired) electrons. The average Bonchev–Trinajstić information content (AvgIpc) is 3.10. The molecule has 0 aromatic carbocycles. The van der Waals surface area contributed by atoms with Crippen LogP contribution in [-0.2, 0) is 28.7 Å². The van der Waals surface area contributed by atoms with E-state index in [1.807, 2.05) is 13.8 Å². The van der Waals surface area contributed by atoms with Gasteiger partial charge in [-0.2, -0.15) is 0 Å². The molecule has 0 N–H and O–H groups in total. The molecular formula is C31H46O6. The summed E-state index contributed by atoms with van der Waals surface area (Å²) in [5.41, 5.74) is 1.43. The van der Waals surface area contributed by atoms with Gasteiger partial charge in [0.15, 0.2) is 0 Å². The molecule has 4 aliphatic carbocycles. The Morgan fingerprint density at radius 3 is 2.43 bits per heavy atom. The maximum atomic E-state index is 13.5. The van der Waals surface area contributed by atoms with Crippen LogP contribution in [0.1, 0.15) is 99.3 Å². The molecule has 6 heteroatoms. The second-order valence-electron chi connectivity index (χ2n) is 13.1. The van der Waals surface area contributed by atoms with Gasteiger partial charge in [-0.3, -0.25) is 19.2 Å². The average molecular weight is 515 g/mol. The number of rotatable bonds is 8. The number of carbonyl (C=O) groups is 4. The highest BCUT2D eigenvalue weighted by atomic mass is 16.5. The van der Waals surface area contributed by atoms with Crippen molar-refractivity contribution in [1.29, 1.82) is 0 Å². The van der Waals surface area contributed by atoms with Crippen LogP contribution in [0, 0.1) is 46.3 Å². The molecule has 3 fully saturated rings. The lowest BCUT2D eigenvalue weighted by atomic mass is 9.47. The number of esters is 2. The minimum Gasteiger partial charge on any atom is -0.466 e. The number of carbonyl (C=O) groups excluding carboxylic acids is 4. The van der Waals surface area contributed by atoms with Gasteiger partial charge in [0.25, 0.3) is 0 Å². The van der Waals surface area contributed by atoms with Crippen molar-refractivity contribution in [1.82, 2.24) is 0 Å². The zero-order chi connectivity index (χ0) is 27.1. The summed E-state index contributed by atoms with van der Waals surface area (Å²) < 4.78 is 10.7. The van der Waals surface area contributed by atoms with Gasteiger partial charge in [-0.05, 0) is 73.0 Å². The van der Waals surface area contributed by atoms with Crippen molar-refractivity contribution in [2.75, 3.05) is 6.61 Å². The monoisotopic (exact) mass is 514 g/mol. The van der Waals surface area contributed by atoms with Crippen LogP contribution in [-0.4, -0.2) is 36.2 Å². The van der Waals surface area contributed by atoms with Crippen molar-refractivity contribution >= 4 is 23.5 Å². The van der Waals surface area contributed by atoms with E-state index in [1.54, 1.807) is 0 Å². The summed E-state index contributed by atoms with van der Waals surface area (Å²) in [5.74, 6) is 0.932. The van der Waals surface area contributed by atoms with Gasteiger partial charge in [0.1, 0.15) is 17.7 Å². The molecular weight excluding hydrogens is 468 g/mol. The number of Topliss-reactive ketones (excluding diaryl/α,β-unsaturated/α-hetero) is 2. The van der Waals surface area contributed by atoms with E-state index in [-0.39, 0.29) is 58.2 Å². The summed E-state index contributed by atoms with van der Waals surface area (Å²) in [5, 5.41) is 0. The molecule has 3 saturated carbocycles. The Bertz CT molecular complexity index is 967. The van der Waals surface area contributed by atoms with Crippen LogP contribution in [0.2, 0.25) is 0 Å². The third kappa shape index (κ3) is 5.31. The predicted molar refractivity (Wildman–Crippen MR) is 140 cm³/mol. The lowest BCUT2D eigenvalue weighted by Gasteiger charge is -2.58. The maximum absolute atomic E-state index is 13.5. The Kier molecular flexibility index (Phi) is 8.07. The second kappa shape index (κ2) is 10.6. The van der Waals surface area contributed by atoms with Gasteiger partial charge in [0.2, 0.25) is 0 Å². The van der Waals surface area contributed by atoms with E-state index < -0.39 is 0 Å². The first-order valence-electron chi connectivity index (χ1n) is 14.4. The molecule has 4 aliphatic rings. The lowest BCUT2D eigenvalue weighted by Crippen LogP contribution is -2.51. The third-order valence-electron chi connectivity index (χ3n) is 10.8. The Balaban J connectivity index is 1.45. The predicted octanol–water partition coefficient (Wildman–Crippen LogP) is 5.86. The van der Waals surface area contributed by atoms with E-state index in [4.69, 9.17) is 9.47 Å². The topological polar surface area (TPSA) is 86.7 Å². The molecule has 37 heavy (non-hydrogen) atoms. The summed E-state index contributed by atoms with van der Waals surface area (Å²) in [4.78, 5) is 49.4. The maximum Gasteiger partial charge on any atom is 0.302 e. The first-order valence-corrected chi connectivity index (χ1v) is 14.4. The van der Waals surface area contributed by atoms with Crippen molar-refractivity contribution in [3.8, 4) is 0 Å². The van der Waals surface area contributed by atoms with Crippen LogP contribution in [0.5, 0.6) is 0 Å². The van der Waals surface area contributed by atoms with Crippen LogP contribution in [0.15, 0.2) is 11.6 Å². The summed E-state index contributed by atoms with van der Waals surface area (Å²) in [6.45, 7) is 11.9. The van der Waals surface area contributed by atoms with Crippen LogP contribution in [0.25, 0.3) is 0 Å². The number of ether oxygens (including phenoxy) is 2. The molecule has 9 atom stereocenters. The molecule has 4 rings (SSSR count). The Morgan fingerprint density at radius 1 is 1.03 bits per heavy atom. The van der Waals surface area contributed by atoms with Gasteiger partial charge in [0, 0.05) is 44.9 Å². The van der Waals surface area contributed by atoms with Crippen LogP contribution < -0.4 is 0 Å². The van der Waals surface area contributed by atoms with Gasteiger partial charge in [0.05, 0.1) is 6.61 Å². The number of fused-ring (bicyclic) bond motifs is 5. The normalized spacial score (nSPS) is 38.4. The van der Waals surface area contributed by atoms with Crippen LogP contribution >= 0.6 is 0 Å². The summed E-state index contributed by atoms with van der Waals surface area (Å²) in [7, 11) is 0. The Hall–Kier alpha value is -1.98. The lowest BCUT2D eigenvalue weighted by molar-refractivity contribution is -0.149. The van der Waals surface area contributed by atoms with Crippen molar-refractivity contribution in [2.45, 2.75) is 105 Å². The highest BCUT2D eigenvalue weighted by molar-refractivity contribution is 5.92. The fourth-order valence-corrected chi connectivity index (χ4v) is 8.79. The Labute approximate surface area is 222 Å². The summed E-state index contributed by atoms with van der Waals surface area (Å²) in [6, 6.07) is 0. The van der Waals surface area contributed by atoms with Crippen LogP contribution in [0.4, 0.5) is 0 Å². The highest BCUT2D eigenvalue weighted by Gasteiger charge is 2.62. The first kappa shape index (κ1) is 28.0. The number of ketones is 2. The number of hydrogen-bond acceptors (Lipinski definition) is 6. The zero-order valence-corrected chi connectivity index (χ0v) is 23.6. The molecule has 0 spiro atoms. The largest absolute Gasteiger partial charge is 0.466 e. The van der Waals surface area contributed by atoms with Gasteiger partial charge in [-0.25, -0.2) is 0 Å². The molecule has 206 valence electrons. The molecule has 6 nitrogen and oxygen atoms in total. The fourth-order valence-electron chi connectivity index (χ4n) is 8.79. The molecule has 0 amide bonds. The van der Waals surface area contributed by atoms with Gasteiger partial charge in [-0.1, -0.05) is 39.3 Å². The molecule has 0 bridgehead atoms. The molecule has 0 saturated heterocycles. The quantitative estimate of drug-likeness (QED) is 0.298. The summed E-state index contributed by atoms with van der Waals surface area (Å²) >= 11 is 0. The van der Waals surface area contributed by atoms with E-state index in [0.29, 0.717) is 43.6 Å². The SMILES string of the molecule is CC(=O)OC[C@H](C)CCC(=O)[C@H](C)[C@H]1C(=O)C[C@H]2[C@@H]3CC=C4C[C@@H](OC(C)=O)CC[C@]4(C)[C@@H]3CC[C@]12C.